The van der Waals surface area contributed by atoms with Gasteiger partial charge in [0, 0.05) is 18.8 Å². The number of rotatable bonds is 5. The summed E-state index contributed by atoms with van der Waals surface area (Å²) in [6.45, 7) is 7.13. The first-order chi connectivity index (χ1) is 9.76. The van der Waals surface area contributed by atoms with Gasteiger partial charge < -0.3 is 4.74 Å². The van der Waals surface area contributed by atoms with Crippen molar-refractivity contribution >= 4 is 0 Å². The molecule has 0 atom stereocenters. The molecule has 20 heavy (non-hydrogen) atoms. The Labute approximate surface area is 122 Å². The van der Waals surface area contributed by atoms with Gasteiger partial charge in [-0.25, -0.2) is 0 Å². The Morgan fingerprint density at radius 2 is 1.50 bits per heavy atom. The van der Waals surface area contributed by atoms with Crippen molar-refractivity contribution in [2.75, 3.05) is 6.61 Å². The molecule has 0 aliphatic heterocycles. The fraction of sp³-hybridized carbons (Fsp3) is 0.389. The molecule has 2 rings (SSSR count). The molecule has 0 fully saturated rings. The van der Waals surface area contributed by atoms with Gasteiger partial charge in [0.25, 0.3) is 0 Å². The molecule has 0 aliphatic rings. The minimum Gasteiger partial charge on any atom is -0.493 e. The van der Waals surface area contributed by atoms with Crippen LogP contribution in [0, 0.1) is 6.92 Å². The summed E-state index contributed by atoms with van der Waals surface area (Å²) in [5.74, 6) is 0.930. The lowest BCUT2D eigenvalue weighted by Crippen LogP contribution is -2.01. The van der Waals surface area contributed by atoms with Gasteiger partial charge in [0.05, 0.1) is 6.61 Å². The quantitative estimate of drug-likeness (QED) is 0.778. The summed E-state index contributed by atoms with van der Waals surface area (Å²) in [6, 6.07) is 12.1. The molecule has 0 saturated heterocycles. The highest BCUT2D eigenvalue weighted by Gasteiger charge is 1.94. The number of pyridine rings is 1. The van der Waals surface area contributed by atoms with Gasteiger partial charge in [0.15, 0.2) is 0 Å². The van der Waals surface area contributed by atoms with Crippen LogP contribution in [0.25, 0.3) is 0 Å². The Bertz CT molecular complexity index is 449. The number of hydrogen-bond acceptors (Lipinski definition) is 2. The van der Waals surface area contributed by atoms with E-state index in [2.05, 4.69) is 37.9 Å². The average molecular weight is 271 g/mol. The summed E-state index contributed by atoms with van der Waals surface area (Å²) in [5.41, 5.74) is 2.50. The number of ether oxygens (including phenoxy) is 1. The molecule has 1 heterocycles. The third-order valence-electron chi connectivity index (χ3n) is 2.93. The second-order valence-corrected chi connectivity index (χ2v) is 4.77. The first-order valence-electron chi connectivity index (χ1n) is 7.34. The number of aromatic nitrogens is 1. The highest BCUT2D eigenvalue weighted by Crippen LogP contribution is 2.11. The van der Waals surface area contributed by atoms with Crippen LogP contribution < -0.4 is 4.74 Å². The van der Waals surface area contributed by atoms with Crippen molar-refractivity contribution in [2.24, 2.45) is 0 Å². The van der Waals surface area contributed by atoms with Crippen LogP contribution in [0.15, 0.2) is 48.8 Å². The van der Waals surface area contributed by atoms with E-state index in [0.717, 1.165) is 12.2 Å². The first kappa shape index (κ1) is 16.2. The van der Waals surface area contributed by atoms with Gasteiger partial charge in [-0.05, 0) is 36.8 Å². The molecule has 0 aliphatic carbocycles. The summed E-state index contributed by atoms with van der Waals surface area (Å²) in [5, 5.41) is 0. The molecule has 0 amide bonds. The predicted octanol–water partition coefficient (Wildman–Crippen LogP) is 4.82. The van der Waals surface area contributed by atoms with Crippen molar-refractivity contribution in [3.8, 4) is 5.75 Å². The minimum atomic E-state index is 0.701. The Kier molecular flexibility index (Phi) is 8.13. The lowest BCUT2D eigenvalue weighted by atomic mass is 10.2. The number of nitrogens with zero attached hydrogens (tertiary/aromatic N) is 1. The normalized spacial score (nSPS) is 9.55. The minimum absolute atomic E-state index is 0.701. The van der Waals surface area contributed by atoms with E-state index in [4.69, 9.17) is 4.74 Å². The maximum Gasteiger partial charge on any atom is 0.119 e. The molecule has 2 nitrogen and oxygen atoms in total. The summed E-state index contributed by atoms with van der Waals surface area (Å²) < 4.78 is 5.64. The molecule has 2 aromatic rings. The van der Waals surface area contributed by atoms with Gasteiger partial charge in [-0.2, -0.15) is 0 Å². The second-order valence-electron chi connectivity index (χ2n) is 4.77. The Morgan fingerprint density at radius 3 is 2.05 bits per heavy atom. The molecule has 0 radical (unpaired) electrons. The first-order valence-corrected chi connectivity index (χ1v) is 7.34. The lowest BCUT2D eigenvalue weighted by Gasteiger charge is -2.06. The van der Waals surface area contributed by atoms with E-state index >= 15 is 0 Å². The van der Waals surface area contributed by atoms with Crippen LogP contribution in [0.5, 0.6) is 5.75 Å². The molecule has 0 bridgehead atoms. The third-order valence-corrected chi connectivity index (χ3v) is 2.93. The molecule has 1 aromatic carbocycles. The Hall–Kier alpha value is -1.83. The van der Waals surface area contributed by atoms with Crippen LogP contribution in [0.2, 0.25) is 0 Å². The summed E-state index contributed by atoms with van der Waals surface area (Å²) in [7, 11) is 0. The van der Waals surface area contributed by atoms with Gasteiger partial charge in [-0.3, -0.25) is 4.98 Å². The van der Waals surface area contributed by atoms with Crippen molar-refractivity contribution in [3.63, 3.8) is 0 Å². The number of unbranched alkanes of at least 4 members (excludes halogenated alkanes) is 1. The fourth-order valence-corrected chi connectivity index (χ4v) is 1.47. The van der Waals surface area contributed by atoms with E-state index in [9.17, 15) is 0 Å². The van der Waals surface area contributed by atoms with E-state index in [-0.39, 0.29) is 0 Å². The maximum absolute atomic E-state index is 5.64. The van der Waals surface area contributed by atoms with Crippen LogP contribution >= 0.6 is 0 Å². The standard InChI is InChI=1S/C14H15NO.C4H10/c1-12-2-4-14(5-3-12)16-11-8-13-6-9-15-10-7-13;1-3-4-2/h2-7,9-10H,8,11H2,1H3;3-4H2,1-2H3. The molecule has 0 unspecified atom stereocenters. The van der Waals surface area contributed by atoms with Crippen molar-refractivity contribution in [1.82, 2.24) is 4.98 Å². The monoisotopic (exact) mass is 271 g/mol. The van der Waals surface area contributed by atoms with Crippen LogP contribution in [0.4, 0.5) is 0 Å². The SMILES string of the molecule is CCCC.Cc1ccc(OCCc2ccncc2)cc1. The lowest BCUT2D eigenvalue weighted by molar-refractivity contribution is 0.322. The fourth-order valence-electron chi connectivity index (χ4n) is 1.47. The largest absolute Gasteiger partial charge is 0.493 e. The molecule has 2 heteroatoms. The van der Waals surface area contributed by atoms with Crippen LogP contribution in [0.3, 0.4) is 0 Å². The zero-order valence-corrected chi connectivity index (χ0v) is 12.8. The summed E-state index contributed by atoms with van der Waals surface area (Å²) in [4.78, 5) is 3.98. The maximum atomic E-state index is 5.64. The molecule has 108 valence electrons. The van der Waals surface area contributed by atoms with Crippen LogP contribution in [-0.2, 0) is 6.42 Å². The van der Waals surface area contributed by atoms with Crippen molar-refractivity contribution in [3.05, 3.63) is 59.9 Å². The Morgan fingerprint density at radius 1 is 0.900 bits per heavy atom. The van der Waals surface area contributed by atoms with E-state index in [0.29, 0.717) is 6.61 Å². The van der Waals surface area contributed by atoms with Crippen molar-refractivity contribution < 1.29 is 4.74 Å². The number of benzene rings is 1. The van der Waals surface area contributed by atoms with Crippen LogP contribution in [-0.4, -0.2) is 11.6 Å². The number of aryl methyl sites for hydroxylation is 1. The van der Waals surface area contributed by atoms with Crippen LogP contribution in [0.1, 0.15) is 37.8 Å². The molecule has 0 N–H and O–H groups in total. The number of hydrogen-bond donors (Lipinski definition) is 0. The Balaban J connectivity index is 0.000000444. The van der Waals surface area contributed by atoms with Crippen molar-refractivity contribution in [1.29, 1.82) is 0 Å². The van der Waals surface area contributed by atoms with Gasteiger partial charge in [0.1, 0.15) is 5.75 Å². The van der Waals surface area contributed by atoms with E-state index < -0.39 is 0 Å². The zero-order valence-electron chi connectivity index (χ0n) is 12.8. The highest BCUT2D eigenvalue weighted by molar-refractivity contribution is 5.26. The van der Waals surface area contributed by atoms with Gasteiger partial charge in [0.2, 0.25) is 0 Å². The predicted molar refractivity (Wildman–Crippen MR) is 85.2 cm³/mol. The summed E-state index contributed by atoms with van der Waals surface area (Å²) >= 11 is 0. The topological polar surface area (TPSA) is 22.1 Å². The molecular formula is C18H25NO. The molecular weight excluding hydrogens is 246 g/mol. The van der Waals surface area contributed by atoms with E-state index in [1.54, 1.807) is 12.4 Å². The molecule has 0 saturated carbocycles. The van der Waals surface area contributed by atoms with Crippen molar-refractivity contribution in [2.45, 2.75) is 40.0 Å². The third kappa shape index (κ3) is 6.93. The van der Waals surface area contributed by atoms with Gasteiger partial charge in [-0.1, -0.05) is 44.4 Å². The van der Waals surface area contributed by atoms with Gasteiger partial charge >= 0.3 is 0 Å². The van der Waals surface area contributed by atoms with Gasteiger partial charge in [-0.15, -0.1) is 0 Å². The average Bonchev–Trinajstić information content (AvgIpc) is 2.51. The second kappa shape index (κ2) is 10.0. The van der Waals surface area contributed by atoms with E-state index in [1.165, 1.54) is 24.0 Å². The molecule has 1 aromatic heterocycles. The molecule has 0 spiro atoms. The van der Waals surface area contributed by atoms with E-state index in [1.807, 2.05) is 24.3 Å². The highest BCUT2D eigenvalue weighted by atomic mass is 16.5. The smallest absolute Gasteiger partial charge is 0.119 e. The summed E-state index contributed by atoms with van der Waals surface area (Å²) in [6.07, 6.45) is 7.17. The zero-order chi connectivity index (χ0) is 14.6.